The highest BCUT2D eigenvalue weighted by Crippen LogP contribution is 2.47. The molecule has 11 heavy (non-hydrogen) atoms. The average molecular weight is 158 g/mol. The summed E-state index contributed by atoms with van der Waals surface area (Å²) in [6, 6.07) is 0. The highest BCUT2D eigenvalue weighted by molar-refractivity contribution is 5.07. The minimum atomic E-state index is -0.0444. The van der Waals surface area contributed by atoms with Gasteiger partial charge in [-0.25, -0.2) is 0 Å². The first-order chi connectivity index (χ1) is 4.87. The topological polar surface area (TPSA) is 21.8 Å². The fourth-order valence-electron chi connectivity index (χ4n) is 1.07. The molecule has 1 unspecified atom stereocenters. The Labute approximate surface area is 68.9 Å². The Morgan fingerprint density at radius 1 is 1.27 bits per heavy atom. The van der Waals surface area contributed by atoms with Crippen molar-refractivity contribution in [2.45, 2.75) is 51.9 Å². The lowest BCUT2D eigenvalue weighted by molar-refractivity contribution is 0.0419. The molecule has 0 aromatic heterocycles. The maximum absolute atomic E-state index is 5.52. The van der Waals surface area contributed by atoms with Crippen LogP contribution >= 0.6 is 0 Å². The van der Waals surface area contributed by atoms with Gasteiger partial charge in [0.1, 0.15) is 5.60 Å². The van der Waals surface area contributed by atoms with Gasteiger partial charge in [0.25, 0.3) is 0 Å². The van der Waals surface area contributed by atoms with Gasteiger partial charge in [-0.15, -0.1) is 0 Å². The van der Waals surface area contributed by atoms with Gasteiger partial charge >= 0.3 is 0 Å². The average Bonchev–Trinajstić information content (AvgIpc) is 2.29. The Morgan fingerprint density at radius 2 is 1.73 bits per heavy atom. The predicted molar refractivity (Wildman–Crippen MR) is 44.7 cm³/mol. The van der Waals surface area contributed by atoms with Crippen molar-refractivity contribution in [1.82, 2.24) is 0 Å². The van der Waals surface area contributed by atoms with Crippen LogP contribution in [0.2, 0.25) is 0 Å². The second-order valence-electron chi connectivity index (χ2n) is 4.20. The zero-order valence-corrected chi connectivity index (χ0v) is 8.10. The molecule has 1 rings (SSSR count). The minimum absolute atomic E-state index is 0.0158. The molecule has 0 bridgehead atoms. The summed E-state index contributed by atoms with van der Waals surface area (Å²) in [6.45, 7) is 11.1. The van der Waals surface area contributed by atoms with Crippen LogP contribution in [0.4, 0.5) is 0 Å². The molecule has 0 aliphatic carbocycles. The van der Waals surface area contributed by atoms with Crippen LogP contribution in [0.25, 0.3) is 0 Å². The Morgan fingerprint density at radius 3 is 2.00 bits per heavy atom. The van der Waals surface area contributed by atoms with E-state index in [4.69, 9.17) is 9.47 Å². The molecule has 2 heteroatoms. The van der Waals surface area contributed by atoms with Gasteiger partial charge in [0.15, 0.2) is 0 Å². The third-order valence-corrected chi connectivity index (χ3v) is 2.40. The Kier molecular flexibility index (Phi) is 2.01. The van der Waals surface area contributed by atoms with E-state index in [1.807, 2.05) is 13.8 Å². The van der Waals surface area contributed by atoms with Crippen molar-refractivity contribution >= 4 is 0 Å². The van der Waals surface area contributed by atoms with Gasteiger partial charge in [0, 0.05) is 0 Å². The third-order valence-electron chi connectivity index (χ3n) is 2.40. The highest BCUT2D eigenvalue weighted by atomic mass is 16.6. The first-order valence-corrected chi connectivity index (χ1v) is 4.19. The minimum Gasteiger partial charge on any atom is -0.376 e. The molecule has 1 fully saturated rings. The van der Waals surface area contributed by atoms with Crippen molar-refractivity contribution < 1.29 is 9.47 Å². The number of hydrogen-bond donors (Lipinski definition) is 0. The van der Waals surface area contributed by atoms with E-state index >= 15 is 0 Å². The van der Waals surface area contributed by atoms with Gasteiger partial charge in [0.05, 0.1) is 18.3 Å². The fraction of sp³-hybridized carbons (Fsp3) is 1.00. The summed E-state index contributed by atoms with van der Waals surface area (Å²) in [5.41, 5.74) is -0.0286. The summed E-state index contributed by atoms with van der Waals surface area (Å²) in [5, 5.41) is 0. The molecule has 0 N–H and O–H groups in total. The lowest BCUT2D eigenvalue weighted by Gasteiger charge is -2.11. The van der Waals surface area contributed by atoms with Gasteiger partial charge in [-0.3, -0.25) is 0 Å². The van der Waals surface area contributed by atoms with Gasteiger partial charge in [-0.2, -0.15) is 0 Å². The Hall–Kier alpha value is -0.0800. The van der Waals surface area contributed by atoms with E-state index in [9.17, 15) is 0 Å². The summed E-state index contributed by atoms with van der Waals surface area (Å²) in [6.07, 6.45) is 0.298. The van der Waals surface area contributed by atoms with Crippen LogP contribution in [0.1, 0.15) is 34.6 Å². The molecule has 0 saturated carbocycles. The van der Waals surface area contributed by atoms with Crippen molar-refractivity contribution in [1.29, 1.82) is 0 Å². The van der Waals surface area contributed by atoms with Crippen LogP contribution < -0.4 is 0 Å². The van der Waals surface area contributed by atoms with E-state index in [0.717, 1.165) is 0 Å². The predicted octanol–water partition coefficient (Wildman–Crippen LogP) is 1.98. The molecule has 0 amide bonds. The fourth-order valence-corrected chi connectivity index (χ4v) is 1.07. The Bertz CT molecular complexity index is 152. The molecule has 0 radical (unpaired) electrons. The van der Waals surface area contributed by atoms with E-state index in [-0.39, 0.29) is 11.2 Å². The lowest BCUT2D eigenvalue weighted by atomic mass is 9.99. The maximum atomic E-state index is 5.52. The summed E-state index contributed by atoms with van der Waals surface area (Å²) >= 11 is 0. The monoisotopic (exact) mass is 158 g/mol. The first-order valence-electron chi connectivity index (χ1n) is 4.19. The van der Waals surface area contributed by atoms with Gasteiger partial charge in [0.2, 0.25) is 0 Å². The van der Waals surface area contributed by atoms with Crippen LogP contribution in [0.3, 0.4) is 0 Å². The summed E-state index contributed by atoms with van der Waals surface area (Å²) < 4.78 is 11.0. The van der Waals surface area contributed by atoms with E-state index in [1.54, 1.807) is 0 Å². The molecule has 1 saturated heterocycles. The quantitative estimate of drug-likeness (QED) is 0.586. The second kappa shape index (κ2) is 2.46. The van der Waals surface area contributed by atoms with Crippen LogP contribution in [-0.4, -0.2) is 23.9 Å². The summed E-state index contributed by atoms with van der Waals surface area (Å²) in [7, 11) is 0. The molecule has 66 valence electrons. The number of ether oxygens (including phenoxy) is 2. The van der Waals surface area contributed by atoms with Crippen molar-refractivity contribution in [3.63, 3.8) is 0 Å². The molecule has 0 aromatic carbocycles. The smallest absolute Gasteiger partial charge is 0.118 e. The number of hydrogen-bond acceptors (Lipinski definition) is 2. The van der Waals surface area contributed by atoms with Crippen molar-refractivity contribution in [3.05, 3.63) is 0 Å². The number of rotatable bonds is 3. The zero-order chi connectivity index (χ0) is 8.70. The van der Waals surface area contributed by atoms with Crippen LogP contribution in [0.5, 0.6) is 0 Å². The third kappa shape index (κ3) is 1.74. The second-order valence-corrected chi connectivity index (χ2v) is 4.20. The van der Waals surface area contributed by atoms with E-state index < -0.39 is 0 Å². The Balaban J connectivity index is 2.29. The zero-order valence-electron chi connectivity index (χ0n) is 8.10. The maximum Gasteiger partial charge on any atom is 0.118 e. The van der Waals surface area contributed by atoms with Crippen LogP contribution in [0.15, 0.2) is 0 Å². The first kappa shape index (κ1) is 9.01. The van der Waals surface area contributed by atoms with Crippen LogP contribution in [-0.2, 0) is 9.47 Å². The molecule has 0 aromatic rings. The molecule has 1 aliphatic heterocycles. The van der Waals surface area contributed by atoms with Crippen molar-refractivity contribution in [2.24, 2.45) is 0 Å². The van der Waals surface area contributed by atoms with E-state index in [2.05, 4.69) is 20.8 Å². The lowest BCUT2D eigenvalue weighted by Crippen LogP contribution is -2.24. The van der Waals surface area contributed by atoms with Crippen LogP contribution in [0, 0.1) is 0 Å². The SMILES string of the molecule is CC(C)OCC1(C)OC1(C)C. The van der Waals surface area contributed by atoms with Gasteiger partial charge < -0.3 is 9.47 Å². The molecule has 1 atom stereocenters. The van der Waals surface area contributed by atoms with Gasteiger partial charge in [-0.1, -0.05) is 0 Å². The highest BCUT2D eigenvalue weighted by Gasteiger charge is 2.60. The van der Waals surface area contributed by atoms with Gasteiger partial charge in [-0.05, 0) is 34.6 Å². The largest absolute Gasteiger partial charge is 0.376 e. The molecule has 1 aliphatic rings. The van der Waals surface area contributed by atoms with Crippen molar-refractivity contribution in [2.75, 3.05) is 6.61 Å². The normalized spacial score (nSPS) is 34.4. The molecular formula is C9H18O2. The molecule has 1 heterocycles. The van der Waals surface area contributed by atoms with E-state index in [1.165, 1.54) is 0 Å². The molecule has 0 spiro atoms. The standard InChI is InChI=1S/C9H18O2/c1-7(2)10-6-9(5)8(3,4)11-9/h7H,6H2,1-5H3. The number of epoxide rings is 1. The molecular weight excluding hydrogens is 140 g/mol. The summed E-state index contributed by atoms with van der Waals surface area (Å²) in [4.78, 5) is 0. The van der Waals surface area contributed by atoms with E-state index in [0.29, 0.717) is 12.7 Å². The van der Waals surface area contributed by atoms with Crippen molar-refractivity contribution in [3.8, 4) is 0 Å². The molecule has 2 nitrogen and oxygen atoms in total. The summed E-state index contributed by atoms with van der Waals surface area (Å²) in [5.74, 6) is 0.